The third kappa shape index (κ3) is 6.97. The van der Waals surface area contributed by atoms with Gasteiger partial charge in [0, 0.05) is 22.0 Å². The molecule has 2 N–H and O–H groups in total. The first kappa shape index (κ1) is 25.1. The molecule has 3 aromatic rings. The van der Waals surface area contributed by atoms with Gasteiger partial charge >= 0.3 is 0 Å². The summed E-state index contributed by atoms with van der Waals surface area (Å²) >= 11 is 15.4. The number of hydrogen-bond acceptors (Lipinski definition) is 3. The molecular weight excluding hydrogens is 527 g/mol. The quantitative estimate of drug-likeness (QED) is 0.338. The first-order valence-corrected chi connectivity index (χ1v) is 11.7. The predicted octanol–water partition coefficient (Wildman–Crippen LogP) is 7.32. The number of anilines is 2. The van der Waals surface area contributed by atoms with Crippen molar-refractivity contribution in [3.05, 3.63) is 86.3 Å². The smallest absolute Gasteiger partial charge is 0.262 e. The van der Waals surface area contributed by atoms with Gasteiger partial charge < -0.3 is 15.4 Å². The van der Waals surface area contributed by atoms with Crippen molar-refractivity contribution in [2.45, 2.75) is 26.2 Å². The van der Waals surface area contributed by atoms with Crippen LogP contribution in [0.25, 0.3) is 0 Å². The number of rotatable bonds is 6. The first-order chi connectivity index (χ1) is 15.5. The SMILES string of the molecule is CC(C)(C)c1ccc(C(=O)Nc2cccc(NC(=O)COc3c(Cl)cc(Cl)cc3Br)c2)cc1. The molecule has 0 aliphatic rings. The van der Waals surface area contributed by atoms with Crippen LogP contribution in [-0.4, -0.2) is 18.4 Å². The Morgan fingerprint density at radius 1 is 0.939 bits per heavy atom. The largest absolute Gasteiger partial charge is 0.481 e. The minimum Gasteiger partial charge on any atom is -0.481 e. The van der Waals surface area contributed by atoms with Crippen LogP contribution in [0.2, 0.25) is 10.0 Å². The normalized spacial score (nSPS) is 11.1. The van der Waals surface area contributed by atoms with Gasteiger partial charge in [0.15, 0.2) is 12.4 Å². The molecule has 0 saturated carbocycles. The molecule has 0 aliphatic heterocycles. The number of ether oxygens (including phenoxy) is 1. The van der Waals surface area contributed by atoms with Gasteiger partial charge in [0.1, 0.15) is 0 Å². The molecule has 0 aromatic heterocycles. The molecule has 0 aliphatic carbocycles. The van der Waals surface area contributed by atoms with Crippen LogP contribution in [0.4, 0.5) is 11.4 Å². The van der Waals surface area contributed by atoms with E-state index in [0.717, 1.165) is 5.56 Å². The maximum Gasteiger partial charge on any atom is 0.262 e. The Morgan fingerprint density at radius 3 is 2.18 bits per heavy atom. The van der Waals surface area contributed by atoms with Crippen LogP contribution < -0.4 is 15.4 Å². The van der Waals surface area contributed by atoms with Gasteiger partial charge in [-0.15, -0.1) is 0 Å². The molecule has 3 aromatic carbocycles. The second-order valence-electron chi connectivity index (χ2n) is 8.40. The number of nitrogens with one attached hydrogen (secondary N) is 2. The van der Waals surface area contributed by atoms with Crippen molar-refractivity contribution in [2.24, 2.45) is 0 Å². The fraction of sp³-hybridized carbons (Fsp3) is 0.200. The fourth-order valence-electron chi connectivity index (χ4n) is 3.00. The van der Waals surface area contributed by atoms with Crippen molar-refractivity contribution in [1.29, 1.82) is 0 Å². The number of halogens is 3. The molecule has 2 amide bonds. The van der Waals surface area contributed by atoms with E-state index in [2.05, 4.69) is 47.3 Å². The molecule has 8 heteroatoms. The van der Waals surface area contributed by atoms with Gasteiger partial charge in [0.25, 0.3) is 11.8 Å². The lowest BCUT2D eigenvalue weighted by molar-refractivity contribution is -0.118. The molecule has 0 fully saturated rings. The second-order valence-corrected chi connectivity index (χ2v) is 10.1. The highest BCUT2D eigenvalue weighted by molar-refractivity contribution is 9.10. The van der Waals surface area contributed by atoms with E-state index in [4.69, 9.17) is 27.9 Å². The molecule has 0 bridgehead atoms. The van der Waals surface area contributed by atoms with Crippen LogP contribution >= 0.6 is 39.1 Å². The molecule has 0 unspecified atom stereocenters. The van der Waals surface area contributed by atoms with Gasteiger partial charge in [-0.3, -0.25) is 9.59 Å². The molecule has 0 spiro atoms. The third-order valence-corrected chi connectivity index (χ3v) is 5.82. The van der Waals surface area contributed by atoms with E-state index in [-0.39, 0.29) is 23.8 Å². The van der Waals surface area contributed by atoms with Crippen molar-refractivity contribution in [3.63, 3.8) is 0 Å². The topological polar surface area (TPSA) is 67.4 Å². The van der Waals surface area contributed by atoms with Crippen molar-refractivity contribution in [1.82, 2.24) is 0 Å². The summed E-state index contributed by atoms with van der Waals surface area (Å²) in [4.78, 5) is 24.9. The lowest BCUT2D eigenvalue weighted by atomic mass is 9.87. The summed E-state index contributed by atoms with van der Waals surface area (Å²) in [5, 5.41) is 6.34. The minimum absolute atomic E-state index is 0.0141. The summed E-state index contributed by atoms with van der Waals surface area (Å²) in [7, 11) is 0. The Hall–Kier alpha value is -2.54. The number of amides is 2. The van der Waals surface area contributed by atoms with Crippen molar-refractivity contribution in [3.8, 4) is 5.75 Å². The number of carbonyl (C=O) groups is 2. The lowest BCUT2D eigenvalue weighted by Gasteiger charge is -2.19. The van der Waals surface area contributed by atoms with Gasteiger partial charge in [0.05, 0.1) is 9.50 Å². The van der Waals surface area contributed by atoms with Crippen molar-refractivity contribution >= 4 is 62.3 Å². The van der Waals surface area contributed by atoms with E-state index in [9.17, 15) is 9.59 Å². The van der Waals surface area contributed by atoms with E-state index >= 15 is 0 Å². The Morgan fingerprint density at radius 2 is 1.58 bits per heavy atom. The summed E-state index contributed by atoms with van der Waals surface area (Å²) in [5.41, 5.74) is 2.79. The van der Waals surface area contributed by atoms with E-state index in [1.54, 1.807) is 42.5 Å². The molecule has 0 saturated heterocycles. The summed E-state index contributed by atoms with van der Waals surface area (Å²) in [6.07, 6.45) is 0. The van der Waals surface area contributed by atoms with Gasteiger partial charge in [0.2, 0.25) is 0 Å². The average molecular weight is 550 g/mol. The third-order valence-electron chi connectivity index (χ3n) is 4.73. The highest BCUT2D eigenvalue weighted by atomic mass is 79.9. The number of benzene rings is 3. The van der Waals surface area contributed by atoms with Gasteiger partial charge in [-0.1, -0.05) is 62.2 Å². The van der Waals surface area contributed by atoms with E-state index in [1.165, 1.54) is 6.07 Å². The molecule has 5 nitrogen and oxygen atoms in total. The van der Waals surface area contributed by atoms with Crippen LogP contribution in [-0.2, 0) is 10.2 Å². The number of hydrogen-bond donors (Lipinski definition) is 2. The first-order valence-electron chi connectivity index (χ1n) is 10.1. The lowest BCUT2D eigenvalue weighted by Crippen LogP contribution is -2.20. The Kier molecular flexibility index (Phi) is 8.05. The standard InChI is InChI=1S/C25H23BrCl2N2O3/c1-25(2,3)16-9-7-15(8-10-16)24(32)30-19-6-4-5-18(13-19)29-22(31)14-33-23-20(26)11-17(27)12-21(23)28/h4-13H,14H2,1-3H3,(H,29,31)(H,30,32). The van der Waals surface area contributed by atoms with Crippen LogP contribution in [0, 0.1) is 0 Å². The molecule has 3 rings (SSSR count). The fourth-order valence-corrected chi connectivity index (χ4v) is 4.37. The highest BCUT2D eigenvalue weighted by Crippen LogP contribution is 2.36. The van der Waals surface area contributed by atoms with Crippen molar-refractivity contribution in [2.75, 3.05) is 17.2 Å². The maximum absolute atomic E-state index is 12.6. The zero-order chi connectivity index (χ0) is 24.2. The molecule has 0 radical (unpaired) electrons. The average Bonchev–Trinajstić information content (AvgIpc) is 2.72. The van der Waals surface area contributed by atoms with Gasteiger partial charge in [-0.2, -0.15) is 0 Å². The van der Waals surface area contributed by atoms with Crippen LogP contribution in [0.15, 0.2) is 65.1 Å². The monoisotopic (exact) mass is 548 g/mol. The highest BCUT2D eigenvalue weighted by Gasteiger charge is 2.15. The van der Waals surface area contributed by atoms with Crippen molar-refractivity contribution < 1.29 is 14.3 Å². The molecule has 172 valence electrons. The second kappa shape index (κ2) is 10.6. The Labute approximate surface area is 211 Å². The summed E-state index contributed by atoms with van der Waals surface area (Å²) < 4.78 is 6.07. The van der Waals surface area contributed by atoms with Crippen LogP contribution in [0.5, 0.6) is 5.75 Å². The summed E-state index contributed by atoms with van der Waals surface area (Å²) in [6.45, 7) is 6.11. The molecule has 0 heterocycles. The zero-order valence-corrected chi connectivity index (χ0v) is 21.4. The molecule has 0 atom stereocenters. The molecular formula is C25H23BrCl2N2O3. The van der Waals surface area contributed by atoms with Gasteiger partial charge in [-0.25, -0.2) is 0 Å². The van der Waals surface area contributed by atoms with Crippen LogP contribution in [0.1, 0.15) is 36.7 Å². The summed E-state index contributed by atoms with van der Waals surface area (Å²) in [6, 6.07) is 17.6. The summed E-state index contributed by atoms with van der Waals surface area (Å²) in [5.74, 6) is -0.284. The maximum atomic E-state index is 12.6. The Balaban J connectivity index is 1.60. The van der Waals surface area contributed by atoms with E-state index in [0.29, 0.717) is 37.2 Å². The minimum atomic E-state index is -0.380. The zero-order valence-electron chi connectivity index (χ0n) is 18.3. The van der Waals surface area contributed by atoms with E-state index in [1.807, 2.05) is 12.1 Å². The van der Waals surface area contributed by atoms with Gasteiger partial charge in [-0.05, 0) is 69.4 Å². The number of carbonyl (C=O) groups excluding carboxylic acids is 2. The molecule has 33 heavy (non-hydrogen) atoms. The predicted molar refractivity (Wildman–Crippen MR) is 138 cm³/mol. The Bertz CT molecular complexity index is 1150. The van der Waals surface area contributed by atoms with Crippen LogP contribution in [0.3, 0.4) is 0 Å². The van der Waals surface area contributed by atoms with E-state index < -0.39 is 0 Å².